The Labute approximate surface area is 113 Å². The fraction of sp³-hybridized carbons (Fsp3) is 0.615. The molecule has 2 rings (SSSR count). The lowest BCUT2D eigenvalue weighted by Crippen LogP contribution is -2.46. The molecule has 0 aromatic carbocycles. The fourth-order valence-corrected chi connectivity index (χ4v) is 2.31. The van der Waals surface area contributed by atoms with Crippen molar-refractivity contribution in [3.05, 3.63) is 11.4 Å². The van der Waals surface area contributed by atoms with Crippen LogP contribution in [0, 0.1) is 5.41 Å². The summed E-state index contributed by atoms with van der Waals surface area (Å²) in [6, 6.07) is 0. The van der Waals surface area contributed by atoms with Crippen LogP contribution in [0.1, 0.15) is 13.3 Å². The lowest BCUT2D eigenvalue weighted by molar-refractivity contribution is -0.126. The monoisotopic (exact) mass is 263 g/mol. The van der Waals surface area contributed by atoms with Gasteiger partial charge in [0.05, 0.1) is 6.42 Å². The van der Waals surface area contributed by atoms with Crippen LogP contribution < -0.4 is 0 Å². The third-order valence-electron chi connectivity index (χ3n) is 3.72. The van der Waals surface area contributed by atoms with Gasteiger partial charge < -0.3 is 15.2 Å². The van der Waals surface area contributed by atoms with Gasteiger partial charge in [0, 0.05) is 45.0 Å². The van der Waals surface area contributed by atoms with Gasteiger partial charge in [-0.1, -0.05) is 0 Å². The Hall–Kier alpha value is -1.69. The van der Waals surface area contributed by atoms with Crippen molar-refractivity contribution < 1.29 is 4.79 Å². The van der Waals surface area contributed by atoms with E-state index in [1.54, 1.807) is 11.9 Å². The van der Waals surface area contributed by atoms with Crippen LogP contribution >= 0.6 is 0 Å². The minimum Gasteiger partial charge on any atom is -0.358 e. The van der Waals surface area contributed by atoms with Gasteiger partial charge in [0.2, 0.25) is 5.91 Å². The lowest BCUT2D eigenvalue weighted by atomic mass is 10.2. The molecule has 104 valence electrons. The van der Waals surface area contributed by atoms with E-state index in [-0.39, 0.29) is 12.3 Å². The molecule has 0 saturated carbocycles. The van der Waals surface area contributed by atoms with Crippen LogP contribution in [-0.4, -0.2) is 72.9 Å². The Balaban J connectivity index is 2.15. The Morgan fingerprint density at radius 2 is 1.89 bits per heavy atom. The highest BCUT2D eigenvalue weighted by Crippen LogP contribution is 2.22. The van der Waals surface area contributed by atoms with Crippen molar-refractivity contribution in [3.8, 4) is 0 Å². The summed E-state index contributed by atoms with van der Waals surface area (Å²) in [6.07, 6.45) is 1.52. The molecule has 6 nitrogen and oxygen atoms in total. The van der Waals surface area contributed by atoms with Gasteiger partial charge in [-0.2, -0.15) is 0 Å². The van der Waals surface area contributed by atoms with Gasteiger partial charge in [-0.15, -0.1) is 0 Å². The summed E-state index contributed by atoms with van der Waals surface area (Å²) < 4.78 is 0. The van der Waals surface area contributed by atoms with E-state index in [0.717, 1.165) is 32.0 Å². The summed E-state index contributed by atoms with van der Waals surface area (Å²) >= 11 is 0. The molecule has 0 spiro atoms. The van der Waals surface area contributed by atoms with Crippen molar-refractivity contribution >= 4 is 18.0 Å². The van der Waals surface area contributed by atoms with Gasteiger partial charge in [-0.3, -0.25) is 9.69 Å². The van der Waals surface area contributed by atoms with Crippen molar-refractivity contribution in [3.63, 3.8) is 0 Å². The van der Waals surface area contributed by atoms with Crippen LogP contribution in [0.15, 0.2) is 16.4 Å². The SMILES string of the molecule is CC(=NC1=C(C=N)CC(=O)N1C)N1CCN(C)CC1. The summed E-state index contributed by atoms with van der Waals surface area (Å²) in [5.41, 5.74) is 0.695. The molecule has 2 aliphatic rings. The number of piperazine rings is 1. The number of nitrogens with one attached hydrogen (secondary N) is 1. The van der Waals surface area contributed by atoms with Gasteiger partial charge >= 0.3 is 0 Å². The van der Waals surface area contributed by atoms with E-state index in [2.05, 4.69) is 21.8 Å². The number of carbonyl (C=O) groups is 1. The van der Waals surface area contributed by atoms with Crippen LogP contribution in [0.2, 0.25) is 0 Å². The lowest BCUT2D eigenvalue weighted by Gasteiger charge is -2.33. The number of hydrogen-bond acceptors (Lipinski definition) is 4. The third kappa shape index (κ3) is 2.84. The van der Waals surface area contributed by atoms with Crippen LogP contribution in [0.5, 0.6) is 0 Å². The standard InChI is InChI=1S/C13H21N5O/c1-10(18-6-4-16(2)5-7-18)15-13-11(9-14)8-12(19)17(13)3/h9,14H,4-8H2,1-3H3. The van der Waals surface area contributed by atoms with Crippen molar-refractivity contribution in [2.75, 3.05) is 40.3 Å². The molecule has 19 heavy (non-hydrogen) atoms. The van der Waals surface area contributed by atoms with E-state index in [0.29, 0.717) is 11.4 Å². The van der Waals surface area contributed by atoms with Gasteiger partial charge in [0.25, 0.3) is 0 Å². The Kier molecular flexibility index (Phi) is 3.99. The summed E-state index contributed by atoms with van der Waals surface area (Å²) in [6.45, 7) is 5.93. The van der Waals surface area contributed by atoms with Crippen LogP contribution in [0.25, 0.3) is 0 Å². The van der Waals surface area contributed by atoms with Crippen LogP contribution in [0.4, 0.5) is 0 Å². The number of nitrogens with zero attached hydrogens (tertiary/aromatic N) is 4. The molecule has 0 radical (unpaired) electrons. The highest BCUT2D eigenvalue weighted by atomic mass is 16.2. The highest BCUT2D eigenvalue weighted by molar-refractivity contribution is 5.95. The Bertz CT molecular complexity index is 446. The first kappa shape index (κ1) is 13.7. The van der Waals surface area contributed by atoms with E-state index >= 15 is 0 Å². The normalized spacial score (nSPS) is 22.5. The topological polar surface area (TPSA) is 63.0 Å². The maximum Gasteiger partial charge on any atom is 0.232 e. The number of hydrogen-bond donors (Lipinski definition) is 1. The molecule has 1 amide bonds. The summed E-state index contributed by atoms with van der Waals surface area (Å²) in [7, 11) is 3.83. The molecule has 1 saturated heterocycles. The molecule has 2 aliphatic heterocycles. The number of aliphatic imine (C=N–C) groups is 1. The zero-order valence-corrected chi connectivity index (χ0v) is 11.8. The van der Waals surface area contributed by atoms with Gasteiger partial charge in [0.15, 0.2) is 0 Å². The van der Waals surface area contributed by atoms with Gasteiger partial charge in [0.1, 0.15) is 11.7 Å². The molecule has 0 aromatic heterocycles. The van der Waals surface area contributed by atoms with Gasteiger partial charge in [-0.05, 0) is 14.0 Å². The summed E-state index contributed by atoms with van der Waals surface area (Å²) in [5.74, 6) is 1.55. The zero-order chi connectivity index (χ0) is 14.0. The second-order valence-electron chi connectivity index (χ2n) is 5.07. The molecule has 0 bridgehead atoms. The molecular formula is C13H21N5O. The fourth-order valence-electron chi connectivity index (χ4n) is 2.31. The summed E-state index contributed by atoms with van der Waals surface area (Å²) in [5, 5.41) is 7.37. The second kappa shape index (κ2) is 5.52. The number of amides is 1. The highest BCUT2D eigenvalue weighted by Gasteiger charge is 2.26. The largest absolute Gasteiger partial charge is 0.358 e. The molecule has 1 fully saturated rings. The summed E-state index contributed by atoms with van der Waals surface area (Å²) in [4.78, 5) is 22.3. The quantitative estimate of drug-likeness (QED) is 0.578. The number of rotatable bonds is 2. The maximum atomic E-state index is 11.6. The molecular weight excluding hydrogens is 242 g/mol. The third-order valence-corrected chi connectivity index (χ3v) is 3.72. The van der Waals surface area contributed by atoms with E-state index in [1.165, 1.54) is 6.21 Å². The molecule has 0 aromatic rings. The number of carbonyl (C=O) groups excluding carboxylic acids is 1. The van der Waals surface area contributed by atoms with E-state index in [1.807, 2.05) is 6.92 Å². The molecule has 0 atom stereocenters. The zero-order valence-electron chi connectivity index (χ0n) is 11.8. The minimum absolute atomic E-state index is 0.00317. The van der Waals surface area contributed by atoms with Gasteiger partial charge in [-0.25, -0.2) is 4.99 Å². The number of likely N-dealkylation sites (N-methyl/N-ethyl adjacent to an activating group) is 1. The van der Waals surface area contributed by atoms with Crippen molar-refractivity contribution in [1.29, 1.82) is 5.41 Å². The van der Waals surface area contributed by atoms with E-state index in [9.17, 15) is 4.79 Å². The molecule has 0 aliphatic carbocycles. The van der Waals surface area contributed by atoms with Crippen LogP contribution in [0.3, 0.4) is 0 Å². The Morgan fingerprint density at radius 1 is 1.26 bits per heavy atom. The minimum atomic E-state index is 0.00317. The average molecular weight is 263 g/mol. The second-order valence-corrected chi connectivity index (χ2v) is 5.07. The molecule has 2 heterocycles. The average Bonchev–Trinajstić information content (AvgIpc) is 2.67. The van der Waals surface area contributed by atoms with E-state index in [4.69, 9.17) is 5.41 Å². The predicted octanol–water partition coefficient (Wildman–Crippen LogP) is 0.375. The first-order chi connectivity index (χ1) is 9.02. The van der Waals surface area contributed by atoms with E-state index < -0.39 is 0 Å². The van der Waals surface area contributed by atoms with Crippen molar-refractivity contribution in [2.45, 2.75) is 13.3 Å². The smallest absolute Gasteiger partial charge is 0.232 e. The molecule has 1 N–H and O–H groups in total. The molecule has 6 heteroatoms. The number of amidine groups is 1. The Morgan fingerprint density at radius 3 is 2.47 bits per heavy atom. The first-order valence-corrected chi connectivity index (χ1v) is 6.52. The predicted molar refractivity (Wildman–Crippen MR) is 75.4 cm³/mol. The van der Waals surface area contributed by atoms with Crippen LogP contribution in [-0.2, 0) is 4.79 Å². The van der Waals surface area contributed by atoms with Crippen molar-refractivity contribution in [2.24, 2.45) is 4.99 Å². The molecule has 0 unspecified atom stereocenters. The first-order valence-electron chi connectivity index (χ1n) is 6.52. The maximum absolute atomic E-state index is 11.6. The van der Waals surface area contributed by atoms with Crippen molar-refractivity contribution in [1.82, 2.24) is 14.7 Å².